The van der Waals surface area contributed by atoms with E-state index in [9.17, 15) is 18.0 Å². The van der Waals surface area contributed by atoms with Crippen LogP contribution in [-0.4, -0.2) is 11.3 Å². The van der Waals surface area contributed by atoms with Crippen molar-refractivity contribution in [3.63, 3.8) is 0 Å². The zero-order chi connectivity index (χ0) is 15.5. The minimum Gasteiger partial charge on any atom is -0.406 e. The SMILES string of the molecule is N#CCc1ccc(-c2cccc(OC(F)(F)F)c2)c(=O)[nH]1. The van der Waals surface area contributed by atoms with Gasteiger partial charge in [0.05, 0.1) is 12.5 Å². The van der Waals surface area contributed by atoms with Crippen molar-refractivity contribution in [1.82, 2.24) is 4.98 Å². The number of ether oxygens (including phenoxy) is 1. The largest absolute Gasteiger partial charge is 0.573 e. The van der Waals surface area contributed by atoms with Crippen LogP contribution in [0.1, 0.15) is 5.69 Å². The number of halogens is 3. The number of alkyl halides is 3. The van der Waals surface area contributed by atoms with Gasteiger partial charge in [0.25, 0.3) is 5.56 Å². The molecule has 0 bridgehead atoms. The fourth-order valence-corrected chi connectivity index (χ4v) is 1.79. The van der Waals surface area contributed by atoms with Crippen LogP contribution < -0.4 is 10.3 Å². The van der Waals surface area contributed by atoms with Gasteiger partial charge in [0, 0.05) is 11.3 Å². The van der Waals surface area contributed by atoms with Gasteiger partial charge < -0.3 is 9.72 Å². The second-order valence-electron chi connectivity index (χ2n) is 4.14. The minimum atomic E-state index is -4.79. The van der Waals surface area contributed by atoms with E-state index in [-0.39, 0.29) is 12.0 Å². The Balaban J connectivity index is 2.37. The van der Waals surface area contributed by atoms with E-state index in [0.717, 1.165) is 12.1 Å². The third kappa shape index (κ3) is 3.86. The Morgan fingerprint density at radius 1 is 1.24 bits per heavy atom. The monoisotopic (exact) mass is 294 g/mol. The molecule has 2 aromatic rings. The van der Waals surface area contributed by atoms with Gasteiger partial charge in [-0.05, 0) is 29.8 Å². The predicted octanol–water partition coefficient (Wildman–Crippen LogP) is 3.01. The average Bonchev–Trinajstić information content (AvgIpc) is 2.37. The molecule has 7 heteroatoms. The number of nitrogens with zero attached hydrogens (tertiary/aromatic N) is 1. The van der Waals surface area contributed by atoms with Crippen molar-refractivity contribution in [3.8, 4) is 22.9 Å². The zero-order valence-electron chi connectivity index (χ0n) is 10.6. The molecular formula is C14H9F3N2O2. The summed E-state index contributed by atoms with van der Waals surface area (Å²) in [5, 5.41) is 8.55. The number of nitriles is 1. The lowest BCUT2D eigenvalue weighted by atomic mass is 10.1. The summed E-state index contributed by atoms with van der Waals surface area (Å²) in [6.07, 6.45) is -4.74. The molecule has 2 rings (SSSR count). The molecule has 0 fully saturated rings. The van der Waals surface area contributed by atoms with Gasteiger partial charge in [-0.15, -0.1) is 13.2 Å². The molecule has 108 valence electrons. The minimum absolute atomic E-state index is 0.0484. The number of aromatic amines is 1. The first-order chi connectivity index (χ1) is 9.89. The Labute approximate surface area is 117 Å². The van der Waals surface area contributed by atoms with Crippen LogP contribution in [0, 0.1) is 11.3 Å². The molecule has 0 saturated heterocycles. The second-order valence-corrected chi connectivity index (χ2v) is 4.14. The highest BCUT2D eigenvalue weighted by molar-refractivity contribution is 5.64. The van der Waals surface area contributed by atoms with Gasteiger partial charge in [0.1, 0.15) is 5.75 Å². The molecule has 0 radical (unpaired) electrons. The maximum atomic E-state index is 12.2. The van der Waals surface area contributed by atoms with E-state index in [2.05, 4.69) is 9.72 Å². The molecule has 0 atom stereocenters. The maximum Gasteiger partial charge on any atom is 0.573 e. The highest BCUT2D eigenvalue weighted by atomic mass is 19.4. The van der Waals surface area contributed by atoms with Crippen molar-refractivity contribution < 1.29 is 17.9 Å². The van der Waals surface area contributed by atoms with Crippen LogP contribution in [0.2, 0.25) is 0 Å². The van der Waals surface area contributed by atoms with Gasteiger partial charge in [-0.3, -0.25) is 4.79 Å². The van der Waals surface area contributed by atoms with Crippen LogP contribution >= 0.6 is 0 Å². The summed E-state index contributed by atoms with van der Waals surface area (Å²) < 4.78 is 40.3. The Kier molecular flexibility index (Phi) is 3.98. The number of nitrogens with one attached hydrogen (secondary N) is 1. The van der Waals surface area contributed by atoms with Gasteiger partial charge in [-0.1, -0.05) is 12.1 Å². The van der Waals surface area contributed by atoms with Gasteiger partial charge in [0.2, 0.25) is 0 Å². The average molecular weight is 294 g/mol. The molecule has 0 spiro atoms. The number of rotatable bonds is 3. The Morgan fingerprint density at radius 3 is 2.62 bits per heavy atom. The topological polar surface area (TPSA) is 65.9 Å². The summed E-state index contributed by atoms with van der Waals surface area (Å²) in [4.78, 5) is 14.4. The van der Waals surface area contributed by atoms with Crippen molar-refractivity contribution in [1.29, 1.82) is 5.26 Å². The standard InChI is InChI=1S/C14H9F3N2O2/c15-14(16,17)21-11-3-1-2-9(8-11)12-5-4-10(6-7-18)19-13(12)20/h1-5,8H,6H2,(H,19,20). The lowest BCUT2D eigenvalue weighted by molar-refractivity contribution is -0.274. The second kappa shape index (κ2) is 5.71. The quantitative estimate of drug-likeness (QED) is 0.946. The molecule has 0 amide bonds. The third-order valence-corrected chi connectivity index (χ3v) is 2.62. The van der Waals surface area contributed by atoms with Gasteiger partial charge >= 0.3 is 6.36 Å². The first-order valence-corrected chi connectivity index (χ1v) is 5.84. The predicted molar refractivity (Wildman–Crippen MR) is 68.5 cm³/mol. The normalized spacial score (nSPS) is 11.0. The van der Waals surface area contributed by atoms with Crippen LogP contribution in [0.15, 0.2) is 41.2 Å². The number of hydrogen-bond acceptors (Lipinski definition) is 3. The first-order valence-electron chi connectivity index (χ1n) is 5.84. The van der Waals surface area contributed by atoms with Crippen LogP contribution in [0.3, 0.4) is 0 Å². The Bertz CT molecular complexity index is 745. The smallest absolute Gasteiger partial charge is 0.406 e. The highest BCUT2D eigenvalue weighted by Crippen LogP contribution is 2.26. The molecule has 0 unspecified atom stereocenters. The number of benzene rings is 1. The summed E-state index contributed by atoms with van der Waals surface area (Å²) in [7, 11) is 0. The maximum absolute atomic E-state index is 12.2. The molecule has 0 aliphatic rings. The number of aromatic nitrogens is 1. The lowest BCUT2D eigenvalue weighted by Crippen LogP contribution is -2.17. The molecular weight excluding hydrogens is 285 g/mol. The van der Waals surface area contributed by atoms with Crippen molar-refractivity contribution in [2.24, 2.45) is 0 Å². The Hall–Kier alpha value is -2.75. The molecule has 4 nitrogen and oxygen atoms in total. The number of H-pyrrole nitrogens is 1. The van der Waals surface area contributed by atoms with Crippen molar-refractivity contribution >= 4 is 0 Å². The van der Waals surface area contributed by atoms with E-state index in [4.69, 9.17) is 5.26 Å². The van der Waals surface area contributed by atoms with E-state index in [1.54, 1.807) is 0 Å². The number of pyridine rings is 1. The Morgan fingerprint density at radius 2 is 2.00 bits per heavy atom. The lowest BCUT2D eigenvalue weighted by Gasteiger charge is -2.10. The molecule has 0 aliphatic carbocycles. The van der Waals surface area contributed by atoms with E-state index in [1.165, 1.54) is 24.3 Å². The summed E-state index contributed by atoms with van der Waals surface area (Å²) in [5.74, 6) is -0.402. The molecule has 1 N–H and O–H groups in total. The molecule has 1 aromatic carbocycles. The third-order valence-electron chi connectivity index (χ3n) is 2.62. The van der Waals surface area contributed by atoms with Gasteiger partial charge in [0.15, 0.2) is 0 Å². The van der Waals surface area contributed by atoms with Crippen molar-refractivity contribution in [3.05, 3.63) is 52.4 Å². The van der Waals surface area contributed by atoms with E-state index >= 15 is 0 Å². The van der Waals surface area contributed by atoms with Gasteiger partial charge in [-0.2, -0.15) is 5.26 Å². The molecule has 0 saturated carbocycles. The zero-order valence-corrected chi connectivity index (χ0v) is 10.6. The summed E-state index contributed by atoms with van der Waals surface area (Å²) in [5.41, 5.74) is 0.451. The fourth-order valence-electron chi connectivity index (χ4n) is 1.79. The summed E-state index contributed by atoms with van der Waals surface area (Å²) >= 11 is 0. The van der Waals surface area contributed by atoms with E-state index in [1.807, 2.05) is 6.07 Å². The van der Waals surface area contributed by atoms with Crippen LogP contribution in [-0.2, 0) is 6.42 Å². The van der Waals surface area contributed by atoms with Gasteiger partial charge in [-0.25, -0.2) is 0 Å². The number of hydrogen-bond donors (Lipinski definition) is 1. The fraction of sp³-hybridized carbons (Fsp3) is 0.143. The highest BCUT2D eigenvalue weighted by Gasteiger charge is 2.31. The van der Waals surface area contributed by atoms with Crippen LogP contribution in [0.5, 0.6) is 5.75 Å². The molecule has 21 heavy (non-hydrogen) atoms. The van der Waals surface area contributed by atoms with Crippen LogP contribution in [0.25, 0.3) is 11.1 Å². The molecule has 1 heterocycles. The molecule has 1 aromatic heterocycles. The van der Waals surface area contributed by atoms with Crippen molar-refractivity contribution in [2.45, 2.75) is 12.8 Å². The molecule has 0 aliphatic heterocycles. The van der Waals surface area contributed by atoms with E-state index in [0.29, 0.717) is 11.3 Å². The summed E-state index contributed by atoms with van der Waals surface area (Å²) in [6, 6.07) is 10.0. The first kappa shape index (κ1) is 14.7. The van der Waals surface area contributed by atoms with Crippen LogP contribution in [0.4, 0.5) is 13.2 Å². The van der Waals surface area contributed by atoms with E-state index < -0.39 is 17.7 Å². The summed E-state index contributed by atoms with van der Waals surface area (Å²) in [6.45, 7) is 0. The van der Waals surface area contributed by atoms with Crippen molar-refractivity contribution in [2.75, 3.05) is 0 Å².